The molecule has 0 bridgehead atoms. The molecule has 0 atom stereocenters. The molecular weight excluding hydrogens is 146 g/mol. The molecule has 1 nitrogen and oxygen atoms in total. The van der Waals surface area contributed by atoms with Crippen LogP contribution in [0.3, 0.4) is 0 Å². The molecule has 0 saturated heterocycles. The highest BCUT2D eigenvalue weighted by Crippen LogP contribution is 1.95. The van der Waals surface area contributed by atoms with Crippen LogP contribution in [-0.4, -0.2) is 25.6 Å². The average Bonchev–Trinajstić information content (AvgIpc) is 1.59. The zero-order valence-electron chi connectivity index (χ0n) is 7.19. The molecular formula is C8H16ClN. The Hall–Kier alpha value is -0.270. The summed E-state index contributed by atoms with van der Waals surface area (Å²) in [6.07, 6.45) is 4.13. The summed E-state index contributed by atoms with van der Waals surface area (Å²) in [5, 5.41) is 0. The van der Waals surface area contributed by atoms with E-state index in [1.807, 2.05) is 13.0 Å². The van der Waals surface area contributed by atoms with Crippen molar-refractivity contribution in [3.8, 4) is 0 Å². The Bertz CT molecular complexity index is 131. The number of hydrogen-bond donors (Lipinski definition) is 0. The summed E-state index contributed by atoms with van der Waals surface area (Å²) in [7, 11) is 6.33. The molecule has 0 aromatic carbocycles. The second-order valence-electron chi connectivity index (χ2n) is 3.28. The van der Waals surface area contributed by atoms with E-state index in [4.69, 9.17) is 0 Å². The van der Waals surface area contributed by atoms with Gasteiger partial charge in [-0.25, -0.2) is 0 Å². The van der Waals surface area contributed by atoms with Gasteiger partial charge >= 0.3 is 0 Å². The lowest BCUT2D eigenvalue weighted by Crippen LogP contribution is -3.00. The van der Waals surface area contributed by atoms with Crippen molar-refractivity contribution >= 4 is 0 Å². The van der Waals surface area contributed by atoms with Crippen LogP contribution >= 0.6 is 0 Å². The quantitative estimate of drug-likeness (QED) is 0.352. The maximum absolute atomic E-state index is 3.76. The molecule has 0 N–H and O–H groups in total. The Morgan fingerprint density at radius 3 is 1.80 bits per heavy atom. The van der Waals surface area contributed by atoms with E-state index in [1.165, 1.54) is 0 Å². The predicted octanol–water partition coefficient (Wildman–Crippen LogP) is -1.21. The van der Waals surface area contributed by atoms with Gasteiger partial charge in [-0.3, -0.25) is 0 Å². The van der Waals surface area contributed by atoms with Crippen molar-refractivity contribution in [2.24, 2.45) is 0 Å². The van der Waals surface area contributed by atoms with E-state index in [0.29, 0.717) is 0 Å². The highest BCUT2D eigenvalue weighted by Gasteiger charge is 1.97. The molecule has 2 heteroatoms. The molecule has 0 aliphatic rings. The number of hydrogen-bond acceptors (Lipinski definition) is 0. The summed E-state index contributed by atoms with van der Waals surface area (Å²) in [5.74, 6) is 0. The van der Waals surface area contributed by atoms with E-state index in [2.05, 4.69) is 33.9 Å². The van der Waals surface area contributed by atoms with E-state index < -0.39 is 0 Å². The van der Waals surface area contributed by atoms with Crippen LogP contribution in [0.5, 0.6) is 0 Å². The third kappa shape index (κ3) is 10.7. The number of halogens is 1. The third-order valence-corrected chi connectivity index (χ3v) is 0.806. The molecule has 0 aromatic heterocycles. The molecule has 0 radical (unpaired) electrons. The monoisotopic (exact) mass is 161 g/mol. The molecule has 0 saturated carbocycles. The topological polar surface area (TPSA) is 0 Å². The Morgan fingerprint density at radius 1 is 1.30 bits per heavy atom. The maximum atomic E-state index is 3.76. The lowest BCUT2D eigenvalue weighted by atomic mass is 10.3. The van der Waals surface area contributed by atoms with Crippen molar-refractivity contribution < 1.29 is 16.9 Å². The van der Waals surface area contributed by atoms with Crippen molar-refractivity contribution in [2.45, 2.75) is 6.92 Å². The number of rotatable bonds is 2. The van der Waals surface area contributed by atoms with Crippen LogP contribution in [0, 0.1) is 0 Å². The van der Waals surface area contributed by atoms with Gasteiger partial charge in [0.25, 0.3) is 0 Å². The summed E-state index contributed by atoms with van der Waals surface area (Å²) in [5.41, 5.74) is 1.10. The van der Waals surface area contributed by atoms with E-state index in [-0.39, 0.29) is 12.4 Å². The molecule has 0 spiro atoms. The van der Waals surface area contributed by atoms with Crippen molar-refractivity contribution in [3.63, 3.8) is 0 Å². The molecule has 0 heterocycles. The molecule has 0 fully saturated rings. The van der Waals surface area contributed by atoms with Crippen molar-refractivity contribution in [1.82, 2.24) is 0 Å². The second kappa shape index (κ2) is 4.53. The predicted molar refractivity (Wildman–Crippen MR) is 42.0 cm³/mol. The molecule has 0 aliphatic heterocycles. The van der Waals surface area contributed by atoms with Crippen LogP contribution in [0.1, 0.15) is 6.92 Å². The first-order chi connectivity index (χ1) is 3.92. The van der Waals surface area contributed by atoms with E-state index in [1.54, 1.807) is 0 Å². The standard InChI is InChI=1S/C8H16N.ClH/c1-8(2)6-7-9(3,4)5;/h6-7H,1H2,2-5H3;1H/q+1;/p-1. The van der Waals surface area contributed by atoms with Gasteiger partial charge in [-0.15, -0.1) is 0 Å². The van der Waals surface area contributed by atoms with Gasteiger partial charge in [-0.05, 0) is 13.0 Å². The Labute approximate surface area is 70.0 Å². The summed E-state index contributed by atoms with van der Waals surface area (Å²) < 4.78 is 0.854. The highest BCUT2D eigenvalue weighted by atomic mass is 35.5. The first-order valence-electron chi connectivity index (χ1n) is 3.08. The summed E-state index contributed by atoms with van der Waals surface area (Å²) >= 11 is 0. The molecule has 0 rings (SSSR count). The van der Waals surface area contributed by atoms with E-state index in [9.17, 15) is 0 Å². The van der Waals surface area contributed by atoms with Crippen LogP contribution in [0.2, 0.25) is 0 Å². The van der Waals surface area contributed by atoms with Crippen LogP contribution in [0.15, 0.2) is 24.4 Å². The zero-order chi connectivity index (χ0) is 7.49. The molecule has 0 aromatic rings. The van der Waals surface area contributed by atoms with E-state index in [0.717, 1.165) is 10.1 Å². The zero-order valence-corrected chi connectivity index (χ0v) is 7.94. The van der Waals surface area contributed by atoms with Gasteiger partial charge in [0.1, 0.15) is 0 Å². The highest BCUT2D eigenvalue weighted by molar-refractivity contribution is 5.08. The maximum Gasteiger partial charge on any atom is 0.0954 e. The lowest BCUT2D eigenvalue weighted by Gasteiger charge is -2.17. The first kappa shape index (κ1) is 12.4. The molecule has 60 valence electrons. The van der Waals surface area contributed by atoms with E-state index >= 15 is 0 Å². The summed E-state index contributed by atoms with van der Waals surface area (Å²) in [4.78, 5) is 0. The van der Waals surface area contributed by atoms with Crippen molar-refractivity contribution in [1.29, 1.82) is 0 Å². The smallest absolute Gasteiger partial charge is 0.0954 e. The number of nitrogens with zero attached hydrogens (tertiary/aromatic N) is 1. The fourth-order valence-corrected chi connectivity index (χ4v) is 0.351. The normalized spacial score (nSPS) is 11.2. The fraction of sp³-hybridized carbons (Fsp3) is 0.500. The van der Waals surface area contributed by atoms with Gasteiger partial charge in [0, 0.05) is 0 Å². The minimum absolute atomic E-state index is 0. The SMILES string of the molecule is C=C(C)C=C[N+](C)(C)C.[Cl-]. The first-order valence-corrected chi connectivity index (χ1v) is 3.08. The van der Waals surface area contributed by atoms with Crippen LogP contribution in [0.4, 0.5) is 0 Å². The number of allylic oxidation sites excluding steroid dienone is 2. The van der Waals surface area contributed by atoms with Gasteiger partial charge in [0.15, 0.2) is 0 Å². The minimum atomic E-state index is 0. The minimum Gasteiger partial charge on any atom is -1.00 e. The molecule has 0 unspecified atom stereocenters. The summed E-state index contributed by atoms with van der Waals surface area (Å²) in [6.45, 7) is 5.75. The van der Waals surface area contributed by atoms with Gasteiger partial charge in [0.2, 0.25) is 0 Å². The lowest BCUT2D eigenvalue weighted by molar-refractivity contribution is -0.817. The second-order valence-corrected chi connectivity index (χ2v) is 3.28. The van der Waals surface area contributed by atoms with Crippen LogP contribution < -0.4 is 12.4 Å². The fourth-order valence-electron chi connectivity index (χ4n) is 0.351. The van der Waals surface area contributed by atoms with Crippen LogP contribution in [0.25, 0.3) is 0 Å². The molecule has 0 amide bonds. The average molecular weight is 162 g/mol. The Balaban J connectivity index is 0. The third-order valence-electron chi connectivity index (χ3n) is 0.806. The summed E-state index contributed by atoms with van der Waals surface area (Å²) in [6, 6.07) is 0. The van der Waals surface area contributed by atoms with Gasteiger partial charge in [-0.2, -0.15) is 0 Å². The number of quaternary nitrogens is 1. The van der Waals surface area contributed by atoms with Crippen molar-refractivity contribution in [2.75, 3.05) is 21.1 Å². The van der Waals surface area contributed by atoms with Gasteiger partial charge < -0.3 is 16.9 Å². The van der Waals surface area contributed by atoms with Gasteiger partial charge in [0.05, 0.1) is 27.3 Å². The van der Waals surface area contributed by atoms with Gasteiger partial charge in [-0.1, -0.05) is 12.2 Å². The van der Waals surface area contributed by atoms with Crippen molar-refractivity contribution in [3.05, 3.63) is 24.4 Å². The molecule has 0 aliphatic carbocycles. The van der Waals surface area contributed by atoms with Crippen LogP contribution in [-0.2, 0) is 0 Å². The molecule has 10 heavy (non-hydrogen) atoms. The largest absolute Gasteiger partial charge is 1.00 e. The Kier molecular flexibility index (Phi) is 5.62. The Morgan fingerprint density at radius 2 is 1.70 bits per heavy atom.